The topological polar surface area (TPSA) is 15.3 Å². The minimum absolute atomic E-state index is 1.06. The summed E-state index contributed by atoms with van der Waals surface area (Å²) >= 11 is 2.10. The van der Waals surface area contributed by atoms with Crippen LogP contribution in [0, 0.1) is 0 Å². The van der Waals surface area contributed by atoms with Crippen molar-refractivity contribution in [2.75, 3.05) is 37.7 Å². The van der Waals surface area contributed by atoms with Crippen molar-refractivity contribution >= 4 is 11.8 Å². The first-order valence-electron chi connectivity index (χ1n) is 7.47. The molecule has 0 radical (unpaired) electrons. The monoisotopic (exact) mass is 278 g/mol. The van der Waals surface area contributed by atoms with Crippen LogP contribution in [-0.4, -0.2) is 42.6 Å². The van der Waals surface area contributed by atoms with Gasteiger partial charge in [0.25, 0.3) is 0 Å². The van der Waals surface area contributed by atoms with Gasteiger partial charge in [-0.15, -0.1) is 0 Å². The lowest BCUT2D eigenvalue weighted by molar-refractivity contribution is 0.286. The second-order valence-electron chi connectivity index (χ2n) is 5.11. The summed E-state index contributed by atoms with van der Waals surface area (Å²) in [5, 5.41) is 3.42. The van der Waals surface area contributed by atoms with Crippen molar-refractivity contribution in [2.24, 2.45) is 0 Å². The van der Waals surface area contributed by atoms with Crippen LogP contribution >= 0.6 is 11.8 Å². The van der Waals surface area contributed by atoms with Gasteiger partial charge in [0.15, 0.2) is 0 Å². The van der Waals surface area contributed by atoms with Crippen LogP contribution in [0.5, 0.6) is 0 Å². The Kier molecular flexibility index (Phi) is 6.75. The Balaban J connectivity index is 1.93. The lowest BCUT2D eigenvalue weighted by Crippen LogP contribution is -2.26. The van der Waals surface area contributed by atoms with Crippen LogP contribution in [0.2, 0.25) is 0 Å². The lowest BCUT2D eigenvalue weighted by atomic mass is 10.0. The Hall–Kier alpha value is -0.510. The number of hydrogen-bond donors (Lipinski definition) is 1. The van der Waals surface area contributed by atoms with Gasteiger partial charge in [0.1, 0.15) is 0 Å². The fraction of sp³-hybridized carbons (Fsp3) is 0.625. The first kappa shape index (κ1) is 14.9. The van der Waals surface area contributed by atoms with Crippen LogP contribution in [0.15, 0.2) is 24.3 Å². The number of nitrogens with zero attached hydrogens (tertiary/aromatic N) is 1. The normalized spacial score (nSPS) is 17.3. The predicted octanol–water partition coefficient (Wildman–Crippen LogP) is 2.78. The first-order valence-corrected chi connectivity index (χ1v) is 8.63. The maximum atomic E-state index is 3.42. The van der Waals surface area contributed by atoms with Crippen molar-refractivity contribution < 1.29 is 0 Å². The summed E-state index contributed by atoms with van der Waals surface area (Å²) in [6.07, 6.45) is 2.48. The molecule has 0 spiro atoms. The van der Waals surface area contributed by atoms with Gasteiger partial charge in [-0.2, -0.15) is 11.8 Å². The third-order valence-corrected chi connectivity index (χ3v) is 4.70. The third kappa shape index (κ3) is 5.17. The van der Waals surface area contributed by atoms with Gasteiger partial charge in [-0.25, -0.2) is 0 Å². The number of nitrogens with one attached hydrogen (secondary N) is 1. The quantitative estimate of drug-likeness (QED) is 0.806. The highest BCUT2D eigenvalue weighted by atomic mass is 32.2. The van der Waals surface area contributed by atoms with Crippen LogP contribution < -0.4 is 5.32 Å². The second-order valence-corrected chi connectivity index (χ2v) is 6.34. The molecule has 1 aromatic rings. The molecule has 0 atom stereocenters. The maximum absolute atomic E-state index is 3.42. The molecule has 2 nitrogen and oxygen atoms in total. The van der Waals surface area contributed by atoms with Gasteiger partial charge in [0.2, 0.25) is 0 Å². The van der Waals surface area contributed by atoms with Crippen LogP contribution in [-0.2, 0) is 13.0 Å². The van der Waals surface area contributed by atoms with Crippen molar-refractivity contribution in [2.45, 2.75) is 26.3 Å². The van der Waals surface area contributed by atoms with Crippen molar-refractivity contribution in [1.82, 2.24) is 10.2 Å². The van der Waals surface area contributed by atoms with Gasteiger partial charge in [-0.1, -0.05) is 31.2 Å². The van der Waals surface area contributed by atoms with Gasteiger partial charge in [0, 0.05) is 18.8 Å². The van der Waals surface area contributed by atoms with Crippen LogP contribution in [0.3, 0.4) is 0 Å². The Labute approximate surface area is 122 Å². The van der Waals surface area contributed by atoms with Crippen LogP contribution in [0.25, 0.3) is 0 Å². The van der Waals surface area contributed by atoms with Crippen LogP contribution in [0.4, 0.5) is 0 Å². The lowest BCUT2D eigenvalue weighted by Gasteiger charge is -2.21. The molecule has 106 valence electrons. The van der Waals surface area contributed by atoms with E-state index in [4.69, 9.17) is 0 Å². The maximum Gasteiger partial charge on any atom is 0.0236 e. The Bertz CT molecular complexity index is 360. The summed E-state index contributed by atoms with van der Waals surface area (Å²) in [6, 6.07) is 8.94. The number of benzene rings is 1. The number of hydrogen-bond acceptors (Lipinski definition) is 3. The van der Waals surface area contributed by atoms with Crippen LogP contribution in [0.1, 0.15) is 24.5 Å². The van der Waals surface area contributed by atoms with Gasteiger partial charge >= 0.3 is 0 Å². The molecule has 2 rings (SSSR count). The molecule has 1 saturated heterocycles. The average molecular weight is 278 g/mol. The molecular weight excluding hydrogens is 252 g/mol. The Morgan fingerprint density at radius 2 is 2.00 bits per heavy atom. The van der Waals surface area contributed by atoms with E-state index in [9.17, 15) is 0 Å². The number of likely N-dealkylation sites (N-methyl/N-ethyl adjacent to an activating group) is 1. The number of thioether (sulfide) groups is 1. The van der Waals surface area contributed by atoms with E-state index in [0.29, 0.717) is 0 Å². The fourth-order valence-corrected chi connectivity index (χ4v) is 3.48. The molecule has 0 amide bonds. The summed E-state index contributed by atoms with van der Waals surface area (Å²) < 4.78 is 0. The third-order valence-electron chi connectivity index (χ3n) is 3.65. The molecule has 1 N–H and O–H groups in total. The van der Waals surface area contributed by atoms with Crippen molar-refractivity contribution in [3.05, 3.63) is 35.4 Å². The van der Waals surface area contributed by atoms with E-state index in [0.717, 1.165) is 26.1 Å². The predicted molar refractivity (Wildman–Crippen MR) is 85.9 cm³/mol. The summed E-state index contributed by atoms with van der Waals surface area (Å²) in [5.74, 6) is 2.62. The van der Waals surface area contributed by atoms with E-state index < -0.39 is 0 Å². The summed E-state index contributed by atoms with van der Waals surface area (Å²) in [4.78, 5) is 2.62. The highest BCUT2D eigenvalue weighted by Crippen LogP contribution is 2.16. The van der Waals surface area contributed by atoms with E-state index in [-0.39, 0.29) is 0 Å². The zero-order chi connectivity index (χ0) is 13.3. The molecule has 1 heterocycles. The smallest absolute Gasteiger partial charge is 0.0236 e. The summed E-state index contributed by atoms with van der Waals surface area (Å²) in [5.41, 5.74) is 3.03. The van der Waals surface area contributed by atoms with E-state index in [1.165, 1.54) is 42.1 Å². The molecule has 0 bridgehead atoms. The largest absolute Gasteiger partial charge is 0.317 e. The second kappa shape index (κ2) is 8.62. The number of rotatable bonds is 6. The fourth-order valence-electron chi connectivity index (χ4n) is 2.55. The first-order chi connectivity index (χ1) is 9.40. The molecule has 1 fully saturated rings. The Morgan fingerprint density at radius 3 is 2.84 bits per heavy atom. The van der Waals surface area contributed by atoms with Crippen molar-refractivity contribution in [3.63, 3.8) is 0 Å². The standard InChI is InChI=1S/C16H26N2S/c1-2-17-9-8-15-6-3-4-7-16(15)14-18-10-5-12-19-13-11-18/h3-4,6-7,17H,2,5,8-14H2,1H3. The zero-order valence-electron chi connectivity index (χ0n) is 12.0. The van der Waals surface area contributed by atoms with Gasteiger partial charge in [-0.3, -0.25) is 4.90 Å². The SMILES string of the molecule is CCNCCc1ccccc1CN1CCCSCC1. The molecule has 0 aromatic heterocycles. The molecule has 1 aliphatic heterocycles. The Morgan fingerprint density at radius 1 is 1.16 bits per heavy atom. The molecule has 0 aliphatic carbocycles. The highest BCUT2D eigenvalue weighted by Gasteiger charge is 2.11. The molecular formula is C16H26N2S. The zero-order valence-corrected chi connectivity index (χ0v) is 12.8. The summed E-state index contributed by atoms with van der Waals surface area (Å²) in [6.45, 7) is 7.94. The average Bonchev–Trinajstić information content (AvgIpc) is 2.70. The van der Waals surface area contributed by atoms with Crippen molar-refractivity contribution in [1.29, 1.82) is 0 Å². The van der Waals surface area contributed by atoms with E-state index in [2.05, 4.69) is 53.2 Å². The van der Waals surface area contributed by atoms with E-state index >= 15 is 0 Å². The summed E-state index contributed by atoms with van der Waals surface area (Å²) in [7, 11) is 0. The minimum Gasteiger partial charge on any atom is -0.317 e. The minimum atomic E-state index is 1.06. The van der Waals surface area contributed by atoms with Gasteiger partial charge < -0.3 is 5.32 Å². The van der Waals surface area contributed by atoms with E-state index in [1.54, 1.807) is 0 Å². The van der Waals surface area contributed by atoms with Gasteiger partial charge in [0.05, 0.1) is 0 Å². The molecule has 1 aromatic carbocycles. The van der Waals surface area contributed by atoms with Crippen molar-refractivity contribution in [3.8, 4) is 0 Å². The molecule has 3 heteroatoms. The molecule has 19 heavy (non-hydrogen) atoms. The molecule has 0 saturated carbocycles. The van der Waals surface area contributed by atoms with Gasteiger partial charge in [-0.05, 0) is 49.4 Å². The molecule has 0 unspecified atom stereocenters. The van der Waals surface area contributed by atoms with E-state index in [1.807, 2.05) is 0 Å². The highest BCUT2D eigenvalue weighted by molar-refractivity contribution is 7.99. The molecule has 1 aliphatic rings.